The van der Waals surface area contributed by atoms with Gasteiger partial charge >= 0.3 is 0 Å². The van der Waals surface area contributed by atoms with Crippen molar-refractivity contribution in [1.82, 2.24) is 15.6 Å². The van der Waals surface area contributed by atoms with Crippen molar-refractivity contribution in [3.05, 3.63) is 59.9 Å². The number of hydrogen-bond acceptors (Lipinski definition) is 2. The van der Waals surface area contributed by atoms with Crippen LogP contribution in [-0.2, 0) is 16.0 Å². The molecule has 2 heterocycles. The minimum Gasteiger partial charge on any atom is -0.354 e. The summed E-state index contributed by atoms with van der Waals surface area (Å²) in [6.45, 7) is 0.485. The molecule has 4 rings (SSSR count). The highest BCUT2D eigenvalue weighted by molar-refractivity contribution is 5.91. The Hall–Kier alpha value is -3.15. The Kier molecular flexibility index (Phi) is 4.62. The van der Waals surface area contributed by atoms with Gasteiger partial charge in [0.2, 0.25) is 11.8 Å². The van der Waals surface area contributed by atoms with Crippen LogP contribution >= 0.6 is 0 Å². The third-order valence-corrected chi connectivity index (χ3v) is 4.89. The molecule has 1 atom stereocenters. The van der Waals surface area contributed by atoms with Crippen molar-refractivity contribution in [3.63, 3.8) is 0 Å². The van der Waals surface area contributed by atoms with E-state index in [0.717, 1.165) is 27.7 Å². The number of para-hydroxylation sites is 1. The Morgan fingerprint density at radius 1 is 1.15 bits per heavy atom. The summed E-state index contributed by atoms with van der Waals surface area (Å²) >= 11 is 0. The minimum atomic E-state index is -0.282. The number of amides is 2. The van der Waals surface area contributed by atoms with Crippen molar-refractivity contribution in [1.29, 1.82) is 0 Å². The van der Waals surface area contributed by atoms with Crippen molar-refractivity contribution in [2.75, 3.05) is 6.54 Å². The average Bonchev–Trinajstić information content (AvgIpc) is 3.24. The third kappa shape index (κ3) is 3.69. The summed E-state index contributed by atoms with van der Waals surface area (Å²) in [7, 11) is 0. The van der Waals surface area contributed by atoms with Crippen molar-refractivity contribution >= 4 is 22.7 Å². The van der Waals surface area contributed by atoms with Gasteiger partial charge in [-0.2, -0.15) is 0 Å². The summed E-state index contributed by atoms with van der Waals surface area (Å²) in [4.78, 5) is 27.0. The van der Waals surface area contributed by atoms with E-state index in [4.69, 9.17) is 0 Å². The molecule has 1 saturated heterocycles. The van der Waals surface area contributed by atoms with Crippen LogP contribution in [0, 0.1) is 5.82 Å². The van der Waals surface area contributed by atoms with Crippen molar-refractivity contribution in [3.8, 4) is 11.3 Å². The zero-order valence-corrected chi connectivity index (χ0v) is 14.7. The summed E-state index contributed by atoms with van der Waals surface area (Å²) < 4.78 is 13.3. The summed E-state index contributed by atoms with van der Waals surface area (Å²) in [6.07, 6.45) is 1.21. The van der Waals surface area contributed by atoms with E-state index in [9.17, 15) is 14.0 Å². The monoisotopic (exact) mass is 365 g/mol. The van der Waals surface area contributed by atoms with Crippen LogP contribution in [0.4, 0.5) is 4.39 Å². The van der Waals surface area contributed by atoms with E-state index in [1.165, 1.54) is 12.1 Å². The summed E-state index contributed by atoms with van der Waals surface area (Å²) in [6, 6.07) is 14.1. The molecule has 1 fully saturated rings. The fraction of sp³-hybridized carbons (Fsp3) is 0.238. The number of hydrogen-bond donors (Lipinski definition) is 3. The number of aromatic amines is 1. The molecule has 1 unspecified atom stereocenters. The van der Waals surface area contributed by atoms with Crippen LogP contribution in [0.15, 0.2) is 48.5 Å². The first-order valence-corrected chi connectivity index (χ1v) is 9.02. The van der Waals surface area contributed by atoms with Crippen LogP contribution in [0.3, 0.4) is 0 Å². The molecule has 2 aromatic carbocycles. The largest absolute Gasteiger partial charge is 0.354 e. The van der Waals surface area contributed by atoms with Crippen molar-refractivity contribution < 1.29 is 14.0 Å². The van der Waals surface area contributed by atoms with E-state index in [-0.39, 0.29) is 23.7 Å². The van der Waals surface area contributed by atoms with Crippen molar-refractivity contribution in [2.45, 2.75) is 25.3 Å². The zero-order valence-electron chi connectivity index (χ0n) is 14.7. The molecule has 138 valence electrons. The standard InChI is InChI=1S/C21H20FN3O2/c22-14-7-5-13(6-8-14)21-17(16-3-1-2-4-18(16)25-21)9-10-19(26)24-15-11-20(27)23-12-15/h1-8,15,25H,9-12H2,(H,23,27)(H,24,26). The number of fused-ring (bicyclic) bond motifs is 1. The highest BCUT2D eigenvalue weighted by Crippen LogP contribution is 2.31. The molecule has 1 aromatic heterocycles. The lowest BCUT2D eigenvalue weighted by Gasteiger charge is -2.11. The maximum absolute atomic E-state index is 13.3. The number of aromatic nitrogens is 1. The van der Waals surface area contributed by atoms with Crippen LogP contribution in [0.5, 0.6) is 0 Å². The number of H-pyrrole nitrogens is 1. The minimum absolute atomic E-state index is 0.0319. The lowest BCUT2D eigenvalue weighted by molar-refractivity contribution is -0.121. The third-order valence-electron chi connectivity index (χ3n) is 4.89. The van der Waals surface area contributed by atoms with E-state index < -0.39 is 0 Å². The SMILES string of the molecule is O=C1CC(NC(=O)CCc2c(-c3ccc(F)cc3)[nH]c3ccccc23)CN1. The van der Waals surface area contributed by atoms with E-state index in [0.29, 0.717) is 25.8 Å². The number of carbonyl (C=O) groups is 2. The molecule has 0 saturated carbocycles. The lowest BCUT2D eigenvalue weighted by Crippen LogP contribution is -2.36. The van der Waals surface area contributed by atoms with Gasteiger partial charge in [0.1, 0.15) is 5.82 Å². The number of halogens is 1. The van der Waals surface area contributed by atoms with E-state index in [2.05, 4.69) is 15.6 Å². The summed E-state index contributed by atoms with van der Waals surface area (Å²) in [5.41, 5.74) is 3.81. The molecule has 5 nitrogen and oxygen atoms in total. The predicted octanol–water partition coefficient (Wildman–Crippen LogP) is 2.91. The summed E-state index contributed by atoms with van der Waals surface area (Å²) in [5.74, 6) is -0.391. The van der Waals surface area contributed by atoms with Crippen LogP contribution in [-0.4, -0.2) is 29.4 Å². The number of nitrogens with one attached hydrogen (secondary N) is 3. The van der Waals surface area contributed by atoms with Gasteiger partial charge in [-0.25, -0.2) is 4.39 Å². The zero-order chi connectivity index (χ0) is 18.8. The number of aryl methyl sites for hydroxylation is 1. The van der Waals surface area contributed by atoms with Gasteiger partial charge in [-0.1, -0.05) is 18.2 Å². The lowest BCUT2D eigenvalue weighted by atomic mass is 10.0. The first-order chi connectivity index (χ1) is 13.1. The first kappa shape index (κ1) is 17.3. The van der Waals surface area contributed by atoms with E-state index in [1.807, 2.05) is 24.3 Å². The van der Waals surface area contributed by atoms with Gasteiger partial charge in [-0.15, -0.1) is 0 Å². The Morgan fingerprint density at radius 3 is 2.67 bits per heavy atom. The molecule has 27 heavy (non-hydrogen) atoms. The quantitative estimate of drug-likeness (QED) is 0.650. The van der Waals surface area contributed by atoms with Gasteiger partial charge in [-0.05, 0) is 47.9 Å². The summed E-state index contributed by atoms with van der Waals surface area (Å²) in [5, 5.41) is 6.68. The molecule has 3 N–H and O–H groups in total. The fourth-order valence-corrected chi connectivity index (χ4v) is 3.57. The Morgan fingerprint density at radius 2 is 1.93 bits per heavy atom. The second-order valence-electron chi connectivity index (χ2n) is 6.80. The van der Waals surface area contributed by atoms with E-state index in [1.54, 1.807) is 12.1 Å². The van der Waals surface area contributed by atoms with Crippen LogP contribution in [0.25, 0.3) is 22.2 Å². The Bertz CT molecular complexity index is 994. The molecule has 3 aromatic rings. The molecular formula is C21H20FN3O2. The van der Waals surface area contributed by atoms with Gasteiger partial charge in [0, 0.05) is 36.0 Å². The van der Waals surface area contributed by atoms with Crippen LogP contribution in [0.2, 0.25) is 0 Å². The predicted molar refractivity (Wildman–Crippen MR) is 102 cm³/mol. The number of rotatable bonds is 5. The topological polar surface area (TPSA) is 74.0 Å². The number of benzene rings is 2. The molecule has 1 aliphatic heterocycles. The van der Waals surface area contributed by atoms with Gasteiger partial charge in [-0.3, -0.25) is 9.59 Å². The Balaban J connectivity index is 1.56. The number of carbonyl (C=O) groups excluding carboxylic acids is 2. The smallest absolute Gasteiger partial charge is 0.222 e. The van der Waals surface area contributed by atoms with E-state index >= 15 is 0 Å². The van der Waals surface area contributed by atoms with Crippen LogP contribution < -0.4 is 10.6 Å². The molecule has 0 radical (unpaired) electrons. The first-order valence-electron chi connectivity index (χ1n) is 9.02. The fourth-order valence-electron chi connectivity index (χ4n) is 3.57. The molecular weight excluding hydrogens is 345 g/mol. The van der Waals surface area contributed by atoms with Gasteiger partial charge < -0.3 is 15.6 Å². The molecule has 0 spiro atoms. The molecule has 1 aliphatic rings. The van der Waals surface area contributed by atoms with Gasteiger partial charge in [0.25, 0.3) is 0 Å². The molecule has 0 bridgehead atoms. The second-order valence-corrected chi connectivity index (χ2v) is 6.80. The Labute approximate surface area is 156 Å². The van der Waals surface area contributed by atoms with Crippen molar-refractivity contribution in [2.24, 2.45) is 0 Å². The van der Waals surface area contributed by atoms with Crippen LogP contribution in [0.1, 0.15) is 18.4 Å². The molecule has 6 heteroatoms. The van der Waals surface area contributed by atoms with Gasteiger partial charge in [0.05, 0.1) is 6.04 Å². The second kappa shape index (κ2) is 7.23. The normalized spacial score (nSPS) is 16.5. The maximum atomic E-state index is 13.3. The highest BCUT2D eigenvalue weighted by Gasteiger charge is 2.23. The highest BCUT2D eigenvalue weighted by atomic mass is 19.1. The maximum Gasteiger partial charge on any atom is 0.222 e. The molecule has 2 amide bonds. The molecule has 0 aliphatic carbocycles. The average molecular weight is 365 g/mol. The van der Waals surface area contributed by atoms with Gasteiger partial charge in [0.15, 0.2) is 0 Å².